The predicted molar refractivity (Wildman–Crippen MR) is 80.8 cm³/mol. The Kier molecular flexibility index (Phi) is 5.21. The van der Waals surface area contributed by atoms with Gasteiger partial charge in [0.15, 0.2) is 6.61 Å². The van der Waals surface area contributed by atoms with Gasteiger partial charge in [-0.15, -0.1) is 0 Å². The molecule has 6 heteroatoms. The highest BCUT2D eigenvalue weighted by Gasteiger charge is 2.24. The number of ether oxygens (including phenoxy) is 1. The monoisotopic (exact) mass is 308 g/mol. The van der Waals surface area contributed by atoms with Gasteiger partial charge in [0.25, 0.3) is 0 Å². The molecule has 2 rings (SSSR count). The molecule has 1 aromatic carbocycles. The van der Waals surface area contributed by atoms with Crippen molar-refractivity contribution in [2.24, 2.45) is 0 Å². The van der Waals surface area contributed by atoms with Crippen LogP contribution in [0.25, 0.3) is 0 Å². The Morgan fingerprint density at radius 1 is 1.33 bits per heavy atom. The zero-order valence-electron chi connectivity index (χ0n) is 12.1. The number of benzene rings is 1. The van der Waals surface area contributed by atoms with E-state index in [1.54, 1.807) is 0 Å². The first-order valence-corrected chi connectivity index (χ1v) is 8.88. The van der Waals surface area contributed by atoms with Crippen molar-refractivity contribution in [1.29, 1.82) is 5.26 Å². The smallest absolute Gasteiger partial charge is 0.174 e. The maximum Gasteiger partial charge on any atom is 0.174 e. The summed E-state index contributed by atoms with van der Waals surface area (Å²) in [5.74, 6) is 1.23. The lowest BCUT2D eigenvalue weighted by molar-refractivity contribution is 0.367. The molecule has 1 unspecified atom stereocenters. The van der Waals surface area contributed by atoms with Crippen LogP contribution >= 0.6 is 0 Å². The van der Waals surface area contributed by atoms with Crippen molar-refractivity contribution >= 4 is 9.84 Å². The maximum atomic E-state index is 11.4. The van der Waals surface area contributed by atoms with Gasteiger partial charge in [-0.3, -0.25) is 0 Å². The molecule has 0 aliphatic carbocycles. The van der Waals surface area contributed by atoms with Crippen LogP contribution in [0.5, 0.6) is 5.75 Å². The van der Waals surface area contributed by atoms with E-state index in [1.807, 2.05) is 30.3 Å². The van der Waals surface area contributed by atoms with Gasteiger partial charge in [0, 0.05) is 12.1 Å². The van der Waals surface area contributed by atoms with E-state index in [1.165, 1.54) is 0 Å². The summed E-state index contributed by atoms with van der Waals surface area (Å²) in [7, 11) is -2.81. The molecule has 1 saturated heterocycles. The first kappa shape index (κ1) is 15.8. The molecule has 1 N–H and O–H groups in total. The van der Waals surface area contributed by atoms with Crippen LogP contribution in [0.3, 0.4) is 0 Å². The molecule has 5 nitrogen and oxygen atoms in total. The molecule has 0 amide bonds. The number of hydrogen-bond acceptors (Lipinski definition) is 5. The third-order valence-corrected chi connectivity index (χ3v) is 5.44. The molecule has 1 heterocycles. The highest BCUT2D eigenvalue weighted by molar-refractivity contribution is 7.91. The molecule has 0 bridgehead atoms. The van der Waals surface area contributed by atoms with Crippen LogP contribution in [-0.4, -0.2) is 32.6 Å². The number of hydrogen-bond donors (Lipinski definition) is 1. The molecule has 1 fully saturated rings. The molecule has 1 aliphatic rings. The summed E-state index contributed by atoms with van der Waals surface area (Å²) in [6.07, 6.45) is 1.35. The third kappa shape index (κ3) is 4.73. The molecular weight excluding hydrogens is 288 g/mol. The molecule has 0 saturated carbocycles. The normalized spacial score (nSPS) is 19.6. The lowest BCUT2D eigenvalue weighted by atomic mass is 10.1. The largest absolute Gasteiger partial charge is 0.479 e. The van der Waals surface area contributed by atoms with Crippen LogP contribution in [0, 0.1) is 11.3 Å². The summed E-state index contributed by atoms with van der Waals surface area (Å²) in [4.78, 5) is 0. The van der Waals surface area contributed by atoms with E-state index in [4.69, 9.17) is 10.00 Å². The molecule has 1 aromatic rings. The minimum Gasteiger partial charge on any atom is -0.479 e. The standard InChI is InChI=1S/C15H20N2O3S/c1-12(17-14-6-10-21(18,19)11-7-14)13-2-4-15(5-3-13)20-9-8-16/h2-5,12,14,17H,6-7,9-11H2,1H3. The highest BCUT2D eigenvalue weighted by Crippen LogP contribution is 2.20. The fourth-order valence-electron chi connectivity index (χ4n) is 2.47. The minimum absolute atomic E-state index is 0.0453. The molecule has 0 radical (unpaired) electrons. The van der Waals surface area contributed by atoms with Crippen molar-refractivity contribution in [3.05, 3.63) is 29.8 Å². The van der Waals surface area contributed by atoms with Gasteiger partial charge in [0.05, 0.1) is 11.5 Å². The van der Waals surface area contributed by atoms with Crippen molar-refractivity contribution in [3.63, 3.8) is 0 Å². The molecule has 114 valence electrons. The zero-order chi connectivity index (χ0) is 15.3. The summed E-state index contributed by atoms with van der Waals surface area (Å²) in [5, 5.41) is 11.9. The third-order valence-electron chi connectivity index (χ3n) is 3.72. The Morgan fingerprint density at radius 3 is 2.52 bits per heavy atom. The zero-order valence-corrected chi connectivity index (χ0v) is 12.9. The maximum absolute atomic E-state index is 11.4. The van der Waals surface area contributed by atoms with Gasteiger partial charge in [-0.05, 0) is 37.5 Å². The number of rotatable bonds is 5. The van der Waals surface area contributed by atoms with Crippen LogP contribution in [0.2, 0.25) is 0 Å². The minimum atomic E-state index is -2.81. The van der Waals surface area contributed by atoms with E-state index in [9.17, 15) is 8.42 Å². The number of nitriles is 1. The first-order valence-electron chi connectivity index (χ1n) is 7.06. The quantitative estimate of drug-likeness (QED) is 0.897. The van der Waals surface area contributed by atoms with Crippen molar-refractivity contribution < 1.29 is 13.2 Å². The fraction of sp³-hybridized carbons (Fsp3) is 0.533. The molecule has 0 spiro atoms. The predicted octanol–water partition coefficient (Wildman–Crippen LogP) is 1.82. The SMILES string of the molecule is CC(NC1CCS(=O)(=O)CC1)c1ccc(OCC#N)cc1. The Balaban J connectivity index is 1.88. The number of nitrogens with zero attached hydrogens (tertiary/aromatic N) is 1. The first-order chi connectivity index (χ1) is 10.00. The lowest BCUT2D eigenvalue weighted by Gasteiger charge is -2.27. The van der Waals surface area contributed by atoms with Crippen LogP contribution < -0.4 is 10.1 Å². The van der Waals surface area contributed by atoms with Gasteiger partial charge in [-0.2, -0.15) is 5.26 Å². The van der Waals surface area contributed by atoms with Gasteiger partial charge < -0.3 is 10.1 Å². The number of sulfone groups is 1. The van der Waals surface area contributed by atoms with Crippen LogP contribution in [0.15, 0.2) is 24.3 Å². The Bertz CT molecular complexity index is 591. The van der Waals surface area contributed by atoms with Gasteiger partial charge in [-0.1, -0.05) is 12.1 Å². The van der Waals surface area contributed by atoms with Crippen molar-refractivity contribution in [2.75, 3.05) is 18.1 Å². The van der Waals surface area contributed by atoms with E-state index in [0.29, 0.717) is 18.6 Å². The molecule has 1 aliphatic heterocycles. The van der Waals surface area contributed by atoms with Crippen LogP contribution in [-0.2, 0) is 9.84 Å². The van der Waals surface area contributed by atoms with Gasteiger partial charge in [-0.25, -0.2) is 8.42 Å². The summed E-state index contributed by atoms with van der Waals surface area (Å²) in [5.41, 5.74) is 1.12. The Hall–Kier alpha value is -1.58. The molecular formula is C15H20N2O3S. The van der Waals surface area contributed by atoms with Crippen molar-refractivity contribution in [2.45, 2.75) is 31.8 Å². The van der Waals surface area contributed by atoms with Crippen LogP contribution in [0.4, 0.5) is 0 Å². The molecule has 21 heavy (non-hydrogen) atoms. The summed E-state index contributed by atoms with van der Waals surface area (Å²) in [6.45, 7) is 2.11. The Labute approximate surface area is 125 Å². The molecule has 1 atom stereocenters. The van der Waals surface area contributed by atoms with Crippen LogP contribution in [0.1, 0.15) is 31.4 Å². The number of nitrogens with one attached hydrogen (secondary N) is 1. The van der Waals surface area contributed by atoms with Crippen molar-refractivity contribution in [3.8, 4) is 11.8 Å². The van der Waals surface area contributed by atoms with Gasteiger partial charge in [0.2, 0.25) is 0 Å². The van der Waals surface area contributed by atoms with E-state index in [0.717, 1.165) is 5.56 Å². The average Bonchev–Trinajstić information content (AvgIpc) is 2.48. The summed E-state index contributed by atoms with van der Waals surface area (Å²) >= 11 is 0. The molecule has 0 aromatic heterocycles. The summed E-state index contributed by atoms with van der Waals surface area (Å²) < 4.78 is 28.0. The van der Waals surface area contributed by atoms with Crippen molar-refractivity contribution in [1.82, 2.24) is 5.32 Å². The topological polar surface area (TPSA) is 79.2 Å². The van der Waals surface area contributed by atoms with E-state index in [-0.39, 0.29) is 30.2 Å². The average molecular weight is 308 g/mol. The fourth-order valence-corrected chi connectivity index (χ4v) is 3.97. The van der Waals surface area contributed by atoms with Gasteiger partial charge in [0.1, 0.15) is 21.7 Å². The van der Waals surface area contributed by atoms with Gasteiger partial charge >= 0.3 is 0 Å². The lowest BCUT2D eigenvalue weighted by Crippen LogP contribution is -2.38. The van der Waals surface area contributed by atoms with E-state index < -0.39 is 9.84 Å². The second-order valence-corrected chi connectivity index (χ2v) is 7.63. The highest BCUT2D eigenvalue weighted by atomic mass is 32.2. The van der Waals surface area contributed by atoms with E-state index >= 15 is 0 Å². The second-order valence-electron chi connectivity index (χ2n) is 5.33. The van der Waals surface area contributed by atoms with E-state index in [2.05, 4.69) is 12.2 Å². The Morgan fingerprint density at radius 2 is 1.95 bits per heavy atom. The second kappa shape index (κ2) is 6.92. The summed E-state index contributed by atoms with van der Waals surface area (Å²) in [6, 6.07) is 9.94.